The van der Waals surface area contributed by atoms with Gasteiger partial charge in [-0.3, -0.25) is 4.79 Å². The molecule has 0 aliphatic carbocycles. The number of benzene rings is 2. The molecule has 28 heavy (non-hydrogen) atoms. The fraction of sp³-hybridized carbons (Fsp3) is 0.409. The van der Waals surface area contributed by atoms with Crippen molar-refractivity contribution in [1.29, 1.82) is 5.26 Å². The van der Waals surface area contributed by atoms with Crippen LogP contribution in [0, 0.1) is 11.3 Å². The molecule has 2 aromatic rings. The van der Waals surface area contributed by atoms with Crippen molar-refractivity contribution in [3.63, 3.8) is 0 Å². The summed E-state index contributed by atoms with van der Waals surface area (Å²) in [5.41, 5.74) is 1.07. The van der Waals surface area contributed by atoms with Crippen molar-refractivity contribution in [3.8, 4) is 6.07 Å². The van der Waals surface area contributed by atoms with E-state index in [4.69, 9.17) is 5.26 Å². The van der Waals surface area contributed by atoms with Crippen LogP contribution >= 0.6 is 0 Å². The van der Waals surface area contributed by atoms with E-state index < -0.39 is 11.6 Å². The third-order valence-corrected chi connectivity index (χ3v) is 4.70. The molecular weight excluding hydrogens is 354 g/mol. The Labute approximate surface area is 166 Å². The normalized spacial score (nSPS) is 11.1. The highest BCUT2D eigenvalue weighted by Crippen LogP contribution is 2.19. The van der Waals surface area contributed by atoms with Gasteiger partial charge in [-0.05, 0) is 55.7 Å². The zero-order valence-corrected chi connectivity index (χ0v) is 16.9. The lowest BCUT2D eigenvalue weighted by molar-refractivity contribution is 0.0772. The monoisotopic (exact) mass is 381 g/mol. The maximum atomic E-state index is 12.7. The van der Waals surface area contributed by atoms with Gasteiger partial charge in [0.05, 0.1) is 12.5 Å². The van der Waals surface area contributed by atoms with Gasteiger partial charge in [0.1, 0.15) is 0 Å². The first-order valence-electron chi connectivity index (χ1n) is 9.29. The van der Waals surface area contributed by atoms with Crippen molar-refractivity contribution >= 4 is 22.8 Å². The Hall–Kier alpha value is -3.07. The predicted molar refractivity (Wildman–Crippen MR) is 109 cm³/mol. The third kappa shape index (κ3) is 5.23. The highest BCUT2D eigenvalue weighted by Gasteiger charge is 2.25. The lowest BCUT2D eigenvalue weighted by atomic mass is 10.0. The van der Waals surface area contributed by atoms with Crippen LogP contribution in [-0.4, -0.2) is 52.6 Å². The second-order valence-electron chi connectivity index (χ2n) is 7.92. The molecular formula is C22H27N3O3. The Morgan fingerprint density at radius 2 is 1.71 bits per heavy atom. The highest BCUT2D eigenvalue weighted by atomic mass is 16.4. The minimum Gasteiger partial charge on any atom is -0.465 e. The minimum atomic E-state index is -0.952. The van der Waals surface area contributed by atoms with Crippen LogP contribution in [0.5, 0.6) is 0 Å². The van der Waals surface area contributed by atoms with E-state index in [9.17, 15) is 14.7 Å². The molecule has 0 heterocycles. The van der Waals surface area contributed by atoms with E-state index in [0.717, 1.165) is 16.3 Å². The number of hydrogen-bond donors (Lipinski definition) is 1. The van der Waals surface area contributed by atoms with Gasteiger partial charge < -0.3 is 14.9 Å². The summed E-state index contributed by atoms with van der Waals surface area (Å²) in [5, 5.41) is 20.1. The first-order chi connectivity index (χ1) is 13.1. The maximum Gasteiger partial charge on any atom is 0.407 e. The second kappa shape index (κ2) is 8.75. The summed E-state index contributed by atoms with van der Waals surface area (Å²) in [6.07, 6.45) is -0.0233. The number of hydrogen-bond acceptors (Lipinski definition) is 3. The predicted octanol–water partition coefficient (Wildman–Crippen LogP) is 4.15. The minimum absolute atomic E-state index is 0.0966. The van der Waals surface area contributed by atoms with Crippen LogP contribution in [0.25, 0.3) is 10.8 Å². The molecule has 0 aliphatic heterocycles. The topological polar surface area (TPSA) is 84.6 Å². The molecule has 0 saturated heterocycles. The fourth-order valence-electron chi connectivity index (χ4n) is 3.14. The van der Waals surface area contributed by atoms with Crippen molar-refractivity contribution in [2.45, 2.75) is 39.2 Å². The highest BCUT2D eigenvalue weighted by molar-refractivity contribution is 5.98. The maximum absolute atomic E-state index is 12.7. The number of carbonyl (C=O) groups excluding carboxylic acids is 1. The van der Waals surface area contributed by atoms with Gasteiger partial charge in [-0.2, -0.15) is 5.26 Å². The summed E-state index contributed by atoms with van der Waals surface area (Å²) in [6, 6.07) is 13.5. The van der Waals surface area contributed by atoms with Gasteiger partial charge in [-0.15, -0.1) is 0 Å². The molecule has 6 heteroatoms. The molecule has 0 radical (unpaired) electrons. The van der Waals surface area contributed by atoms with E-state index in [2.05, 4.69) is 6.07 Å². The van der Waals surface area contributed by atoms with Crippen molar-refractivity contribution in [2.24, 2.45) is 0 Å². The van der Waals surface area contributed by atoms with Crippen LogP contribution in [-0.2, 0) is 6.42 Å². The van der Waals surface area contributed by atoms with Gasteiger partial charge in [0.15, 0.2) is 0 Å². The number of amides is 2. The molecule has 0 atom stereocenters. The molecule has 148 valence electrons. The van der Waals surface area contributed by atoms with Gasteiger partial charge in [0.2, 0.25) is 0 Å². The summed E-state index contributed by atoms with van der Waals surface area (Å²) in [4.78, 5) is 27.1. The molecule has 0 bridgehead atoms. The second-order valence-corrected chi connectivity index (χ2v) is 7.92. The van der Waals surface area contributed by atoms with Gasteiger partial charge >= 0.3 is 6.09 Å². The van der Waals surface area contributed by atoms with Crippen LogP contribution in [0.4, 0.5) is 4.79 Å². The molecule has 1 N–H and O–H groups in total. The molecule has 2 aromatic carbocycles. The molecule has 0 fully saturated rings. The Balaban J connectivity index is 2.03. The summed E-state index contributed by atoms with van der Waals surface area (Å²) in [5.74, 6) is -0.0966. The first-order valence-corrected chi connectivity index (χ1v) is 9.29. The SMILES string of the molecule is CN(CCCN(C(=O)O)C(C)(C)C)C(=O)c1ccc2cc(CC#N)ccc2c1. The molecule has 6 nitrogen and oxygen atoms in total. The molecule has 2 amide bonds. The van der Waals surface area contributed by atoms with Crippen LogP contribution in [0.15, 0.2) is 36.4 Å². The Kier molecular flexibility index (Phi) is 6.63. The summed E-state index contributed by atoms with van der Waals surface area (Å²) in [6.45, 7) is 6.40. The molecule has 0 unspecified atom stereocenters. The van der Waals surface area contributed by atoms with Crippen LogP contribution in [0.3, 0.4) is 0 Å². The van der Waals surface area contributed by atoms with E-state index in [1.807, 2.05) is 51.1 Å². The van der Waals surface area contributed by atoms with Crippen LogP contribution in [0.1, 0.15) is 43.1 Å². The number of rotatable bonds is 6. The molecule has 0 aromatic heterocycles. The smallest absolute Gasteiger partial charge is 0.407 e. The standard InChI is InChI=1S/C22H27N3O3/c1-22(2,3)25(21(27)28)13-5-12-24(4)20(26)19-9-8-17-14-16(10-11-23)6-7-18(17)15-19/h6-9,14-15H,5,10,12-13H2,1-4H3,(H,27,28). The van der Waals surface area contributed by atoms with E-state index in [1.165, 1.54) is 4.90 Å². The largest absolute Gasteiger partial charge is 0.465 e. The lowest BCUT2D eigenvalue weighted by Crippen LogP contribution is -2.46. The Bertz CT molecular complexity index is 909. The first kappa shape index (κ1) is 21.2. The average Bonchev–Trinajstić information content (AvgIpc) is 2.62. The summed E-state index contributed by atoms with van der Waals surface area (Å²) >= 11 is 0. The summed E-state index contributed by atoms with van der Waals surface area (Å²) in [7, 11) is 1.73. The molecule has 0 aliphatic rings. The summed E-state index contributed by atoms with van der Waals surface area (Å²) < 4.78 is 0. The van der Waals surface area contributed by atoms with Crippen molar-refractivity contribution < 1.29 is 14.7 Å². The zero-order chi connectivity index (χ0) is 20.9. The van der Waals surface area contributed by atoms with Gasteiger partial charge in [0, 0.05) is 31.2 Å². The van der Waals surface area contributed by atoms with Crippen LogP contribution < -0.4 is 0 Å². The average molecular weight is 381 g/mol. The van der Waals surface area contributed by atoms with E-state index in [-0.39, 0.29) is 5.91 Å². The van der Waals surface area contributed by atoms with Gasteiger partial charge in [0.25, 0.3) is 5.91 Å². The number of carbonyl (C=O) groups is 2. The van der Waals surface area contributed by atoms with Crippen LogP contribution in [0.2, 0.25) is 0 Å². The molecule has 0 spiro atoms. The number of carboxylic acid groups (broad SMARTS) is 1. The fourth-order valence-corrected chi connectivity index (χ4v) is 3.14. The quantitative estimate of drug-likeness (QED) is 0.815. The zero-order valence-electron chi connectivity index (χ0n) is 16.9. The lowest BCUT2D eigenvalue weighted by Gasteiger charge is -2.33. The Morgan fingerprint density at radius 1 is 1.07 bits per heavy atom. The van der Waals surface area contributed by atoms with Gasteiger partial charge in [-0.25, -0.2) is 4.79 Å². The number of nitrogens with zero attached hydrogens (tertiary/aromatic N) is 3. The Morgan fingerprint density at radius 3 is 2.32 bits per heavy atom. The molecule has 0 saturated carbocycles. The van der Waals surface area contributed by atoms with Crippen molar-refractivity contribution in [2.75, 3.05) is 20.1 Å². The van der Waals surface area contributed by atoms with E-state index in [1.54, 1.807) is 18.0 Å². The molecule has 2 rings (SSSR count). The van der Waals surface area contributed by atoms with Crippen molar-refractivity contribution in [1.82, 2.24) is 9.80 Å². The number of fused-ring (bicyclic) bond motifs is 1. The van der Waals surface area contributed by atoms with Crippen molar-refractivity contribution in [3.05, 3.63) is 47.5 Å². The third-order valence-electron chi connectivity index (χ3n) is 4.70. The van der Waals surface area contributed by atoms with Gasteiger partial charge in [-0.1, -0.05) is 24.3 Å². The van der Waals surface area contributed by atoms with E-state index in [0.29, 0.717) is 31.5 Å². The van der Waals surface area contributed by atoms with E-state index >= 15 is 0 Å². The number of nitriles is 1.